The fourth-order valence-electron chi connectivity index (χ4n) is 4.44. The Morgan fingerprint density at radius 1 is 1.00 bits per heavy atom. The molecule has 0 radical (unpaired) electrons. The summed E-state index contributed by atoms with van der Waals surface area (Å²) in [7, 11) is 0. The molecule has 2 amide bonds. The highest BCUT2D eigenvalue weighted by Gasteiger charge is 2.32. The molecule has 0 saturated carbocycles. The maximum atomic E-state index is 13.3. The van der Waals surface area contributed by atoms with Crippen LogP contribution >= 0.6 is 0 Å². The maximum absolute atomic E-state index is 13.3. The van der Waals surface area contributed by atoms with Crippen molar-refractivity contribution in [3.8, 4) is 0 Å². The molecule has 2 aliphatic heterocycles. The summed E-state index contributed by atoms with van der Waals surface area (Å²) in [4.78, 5) is 16.8. The van der Waals surface area contributed by atoms with Gasteiger partial charge in [-0.3, -0.25) is 0 Å². The lowest BCUT2D eigenvalue weighted by atomic mass is 9.97. The van der Waals surface area contributed by atoms with Crippen molar-refractivity contribution in [1.82, 2.24) is 5.32 Å². The number of carbonyl (C=O) groups excluding carboxylic acids is 1. The van der Waals surface area contributed by atoms with E-state index in [0.717, 1.165) is 49.3 Å². The number of morpholine rings is 1. The number of nitrogens with one attached hydrogen (secondary N) is 2. The van der Waals surface area contributed by atoms with Gasteiger partial charge >= 0.3 is 12.2 Å². The lowest BCUT2D eigenvalue weighted by Gasteiger charge is -2.33. The molecule has 2 aromatic rings. The first-order valence-electron chi connectivity index (χ1n) is 11.9. The Kier molecular flexibility index (Phi) is 8.02. The lowest BCUT2D eigenvalue weighted by Crippen LogP contribution is -2.37. The number of ether oxygens (including phenoxy) is 1. The van der Waals surface area contributed by atoms with Gasteiger partial charge in [0.25, 0.3) is 0 Å². The summed E-state index contributed by atoms with van der Waals surface area (Å²) in [6, 6.07) is 10.7. The van der Waals surface area contributed by atoms with Crippen LogP contribution in [0.25, 0.3) is 0 Å². The van der Waals surface area contributed by atoms with E-state index in [1.54, 1.807) is 0 Å². The van der Waals surface area contributed by atoms with E-state index in [-0.39, 0.29) is 18.8 Å². The van der Waals surface area contributed by atoms with Crippen molar-refractivity contribution in [1.29, 1.82) is 0 Å². The van der Waals surface area contributed by atoms with Gasteiger partial charge in [0, 0.05) is 45.0 Å². The molecule has 2 fully saturated rings. The van der Waals surface area contributed by atoms with Crippen molar-refractivity contribution in [3.05, 3.63) is 53.6 Å². The molecule has 10 heteroatoms. The molecule has 190 valence electrons. The fraction of sp³-hybridized carbons (Fsp3) is 0.480. The molecule has 35 heavy (non-hydrogen) atoms. The Hall–Kier alpha value is -2.98. The number of carbonyl (C=O) groups is 1. The minimum Gasteiger partial charge on any atom is -0.396 e. The van der Waals surface area contributed by atoms with Crippen LogP contribution in [0.15, 0.2) is 42.5 Å². The maximum Gasteiger partial charge on any atom is 0.416 e. The zero-order valence-electron chi connectivity index (χ0n) is 19.5. The van der Waals surface area contributed by atoms with Gasteiger partial charge in [0.05, 0.1) is 30.2 Å². The topological polar surface area (TPSA) is 77.1 Å². The highest BCUT2D eigenvalue weighted by molar-refractivity contribution is 5.93. The largest absolute Gasteiger partial charge is 0.416 e. The quantitative estimate of drug-likeness (QED) is 0.567. The molecule has 0 aromatic heterocycles. The SMILES string of the molecule is O=C(NCc1ccc(N2CCC(CO)CC2)cc1)Nc1cc(C(F)(F)F)ccc1N1CCOCC1. The third-order valence-corrected chi connectivity index (χ3v) is 6.55. The number of halogens is 3. The van der Waals surface area contributed by atoms with Crippen molar-refractivity contribution in [2.75, 3.05) is 61.1 Å². The zero-order chi connectivity index (χ0) is 24.8. The van der Waals surface area contributed by atoms with E-state index >= 15 is 0 Å². The molecule has 2 aromatic carbocycles. The molecule has 0 atom stereocenters. The summed E-state index contributed by atoms with van der Waals surface area (Å²) < 4.78 is 45.2. The van der Waals surface area contributed by atoms with E-state index in [2.05, 4.69) is 15.5 Å². The summed E-state index contributed by atoms with van der Waals surface area (Å²) in [5.41, 5.74) is 1.80. The number of amides is 2. The molecule has 2 aliphatic rings. The second-order valence-corrected chi connectivity index (χ2v) is 8.92. The van der Waals surface area contributed by atoms with E-state index in [1.165, 1.54) is 6.07 Å². The highest BCUT2D eigenvalue weighted by atomic mass is 19.4. The predicted molar refractivity (Wildman–Crippen MR) is 129 cm³/mol. The average molecular weight is 493 g/mol. The molecule has 7 nitrogen and oxygen atoms in total. The summed E-state index contributed by atoms with van der Waals surface area (Å²) >= 11 is 0. The smallest absolute Gasteiger partial charge is 0.396 e. The molecule has 3 N–H and O–H groups in total. The highest BCUT2D eigenvalue weighted by Crippen LogP contribution is 2.35. The molecule has 2 saturated heterocycles. The molecular weight excluding hydrogens is 461 g/mol. The average Bonchev–Trinajstić information content (AvgIpc) is 2.88. The second-order valence-electron chi connectivity index (χ2n) is 8.92. The van der Waals surface area contributed by atoms with Crippen LogP contribution < -0.4 is 20.4 Å². The van der Waals surface area contributed by atoms with Crippen LogP contribution in [0.5, 0.6) is 0 Å². The number of benzene rings is 2. The van der Waals surface area contributed by atoms with Crippen molar-refractivity contribution in [2.24, 2.45) is 5.92 Å². The van der Waals surface area contributed by atoms with E-state index < -0.39 is 17.8 Å². The predicted octanol–water partition coefficient (Wildman–Crippen LogP) is 4.07. The fourth-order valence-corrected chi connectivity index (χ4v) is 4.44. The Morgan fingerprint density at radius 3 is 2.31 bits per heavy atom. The number of nitrogens with zero attached hydrogens (tertiary/aromatic N) is 2. The monoisotopic (exact) mass is 492 g/mol. The van der Waals surface area contributed by atoms with E-state index in [9.17, 15) is 23.1 Å². The number of urea groups is 1. The van der Waals surface area contributed by atoms with Gasteiger partial charge in [0.2, 0.25) is 0 Å². The van der Waals surface area contributed by atoms with Crippen LogP contribution in [0.3, 0.4) is 0 Å². The number of hydrogen-bond acceptors (Lipinski definition) is 5. The summed E-state index contributed by atoms with van der Waals surface area (Å²) in [6.45, 7) is 4.28. The lowest BCUT2D eigenvalue weighted by molar-refractivity contribution is -0.137. The van der Waals surface area contributed by atoms with E-state index in [1.807, 2.05) is 29.2 Å². The molecule has 2 heterocycles. The number of anilines is 3. The molecular formula is C25H31F3N4O3. The number of aliphatic hydroxyl groups excluding tert-OH is 1. The van der Waals surface area contributed by atoms with E-state index in [4.69, 9.17) is 4.74 Å². The summed E-state index contributed by atoms with van der Waals surface area (Å²) in [5, 5.41) is 14.6. The Morgan fingerprint density at radius 2 is 1.69 bits per heavy atom. The minimum absolute atomic E-state index is 0.112. The molecule has 0 bridgehead atoms. The van der Waals surface area contributed by atoms with Crippen molar-refractivity contribution < 1.29 is 27.8 Å². The van der Waals surface area contributed by atoms with Gasteiger partial charge in [-0.25, -0.2) is 4.79 Å². The number of rotatable bonds is 6. The summed E-state index contributed by atoms with van der Waals surface area (Å²) in [6.07, 6.45) is -2.59. The van der Waals surface area contributed by atoms with Crippen LogP contribution in [0.2, 0.25) is 0 Å². The van der Waals surface area contributed by atoms with Crippen LogP contribution in [-0.2, 0) is 17.5 Å². The van der Waals surface area contributed by atoms with Crippen molar-refractivity contribution >= 4 is 23.1 Å². The molecule has 4 rings (SSSR count). The third kappa shape index (κ3) is 6.58. The van der Waals surface area contributed by atoms with Crippen LogP contribution in [0.4, 0.5) is 35.0 Å². The van der Waals surface area contributed by atoms with Crippen LogP contribution in [-0.4, -0.2) is 57.1 Å². The second kappa shape index (κ2) is 11.2. The summed E-state index contributed by atoms with van der Waals surface area (Å²) in [5.74, 6) is 0.369. The van der Waals surface area contributed by atoms with Gasteiger partial charge in [-0.1, -0.05) is 12.1 Å². The van der Waals surface area contributed by atoms with Crippen molar-refractivity contribution in [3.63, 3.8) is 0 Å². The standard InChI is InChI=1S/C25H31F3N4O3/c26-25(27,28)20-3-6-23(32-11-13-35-14-12-32)22(15-20)30-24(34)29-16-18-1-4-21(5-2-18)31-9-7-19(17-33)8-10-31/h1-6,15,19,33H,7-14,16-17H2,(H2,29,30,34). The zero-order valence-corrected chi connectivity index (χ0v) is 19.5. The number of aliphatic hydroxyl groups is 1. The normalized spacial score (nSPS) is 17.4. The van der Waals surface area contributed by atoms with Gasteiger partial charge in [-0.15, -0.1) is 0 Å². The molecule has 0 aliphatic carbocycles. The third-order valence-electron chi connectivity index (χ3n) is 6.55. The Labute approximate surface area is 202 Å². The number of alkyl halides is 3. The Bertz CT molecular complexity index is 986. The van der Waals surface area contributed by atoms with Crippen molar-refractivity contribution in [2.45, 2.75) is 25.6 Å². The van der Waals surface area contributed by atoms with Crippen LogP contribution in [0.1, 0.15) is 24.0 Å². The first kappa shape index (κ1) is 25.1. The number of piperidine rings is 1. The van der Waals surface area contributed by atoms with Gasteiger partial charge in [-0.05, 0) is 54.7 Å². The molecule has 0 spiro atoms. The van der Waals surface area contributed by atoms with Gasteiger partial charge in [0.1, 0.15) is 0 Å². The van der Waals surface area contributed by atoms with Gasteiger partial charge in [0.15, 0.2) is 0 Å². The van der Waals surface area contributed by atoms with E-state index in [0.29, 0.717) is 37.9 Å². The number of hydrogen-bond donors (Lipinski definition) is 3. The minimum atomic E-state index is -4.51. The van der Waals surface area contributed by atoms with Crippen LogP contribution in [0, 0.1) is 5.92 Å². The van der Waals surface area contributed by atoms with Gasteiger partial charge < -0.3 is 30.3 Å². The molecule has 0 unspecified atom stereocenters. The van der Waals surface area contributed by atoms with Gasteiger partial charge in [-0.2, -0.15) is 13.2 Å². The first-order chi connectivity index (χ1) is 16.8. The first-order valence-corrected chi connectivity index (χ1v) is 11.9. The Balaban J connectivity index is 1.37.